The van der Waals surface area contributed by atoms with Crippen LogP contribution in [0.2, 0.25) is 0 Å². The molecular weight excluding hydrogens is 356 g/mol. The predicted octanol–water partition coefficient (Wildman–Crippen LogP) is 3.97. The molecule has 0 bridgehead atoms. The summed E-state index contributed by atoms with van der Waals surface area (Å²) in [5, 5.41) is 0.764. The molecule has 5 nitrogen and oxygen atoms in total. The number of halogens is 2. The quantitative estimate of drug-likeness (QED) is 0.650. The number of aromatic nitrogens is 1. The molecule has 0 aliphatic carbocycles. The molecule has 0 unspecified atom stereocenters. The molecule has 0 radical (unpaired) electrons. The second-order valence-corrected chi connectivity index (χ2v) is 5.80. The molecule has 138 valence electrons. The van der Waals surface area contributed by atoms with Crippen LogP contribution in [0.3, 0.4) is 0 Å². The van der Waals surface area contributed by atoms with E-state index in [0.717, 1.165) is 17.5 Å². The zero-order valence-corrected chi connectivity index (χ0v) is 14.6. The SMILES string of the molecule is COC(=O)c1c(COC(=O)c2cc(F)cc(F)c2)nc2ccccc2c1C. The molecule has 0 fully saturated rings. The molecule has 0 saturated carbocycles. The Labute approximate surface area is 153 Å². The molecule has 0 aliphatic rings. The number of aryl methyl sites for hydroxylation is 1. The molecule has 3 aromatic rings. The summed E-state index contributed by atoms with van der Waals surface area (Å²) < 4.78 is 36.5. The van der Waals surface area contributed by atoms with Crippen molar-refractivity contribution in [1.29, 1.82) is 0 Å². The average molecular weight is 371 g/mol. The van der Waals surface area contributed by atoms with Crippen molar-refractivity contribution in [2.75, 3.05) is 7.11 Å². The van der Waals surface area contributed by atoms with Gasteiger partial charge in [0.05, 0.1) is 29.4 Å². The molecule has 2 aromatic carbocycles. The van der Waals surface area contributed by atoms with Crippen LogP contribution in [0.15, 0.2) is 42.5 Å². The topological polar surface area (TPSA) is 65.5 Å². The third kappa shape index (κ3) is 3.76. The second kappa shape index (κ2) is 7.49. The van der Waals surface area contributed by atoms with Gasteiger partial charge in [-0.3, -0.25) is 0 Å². The predicted molar refractivity (Wildman–Crippen MR) is 93.3 cm³/mol. The average Bonchev–Trinajstić information content (AvgIpc) is 2.65. The number of esters is 2. The van der Waals surface area contributed by atoms with Gasteiger partial charge in [-0.2, -0.15) is 0 Å². The lowest BCUT2D eigenvalue weighted by atomic mass is 10.0. The molecule has 1 aromatic heterocycles. The number of carbonyl (C=O) groups excluding carboxylic acids is 2. The molecule has 3 rings (SSSR count). The highest BCUT2D eigenvalue weighted by molar-refractivity contribution is 5.98. The van der Waals surface area contributed by atoms with Crippen molar-refractivity contribution in [3.8, 4) is 0 Å². The Bertz CT molecular complexity index is 1030. The van der Waals surface area contributed by atoms with Crippen LogP contribution >= 0.6 is 0 Å². The second-order valence-electron chi connectivity index (χ2n) is 5.80. The van der Waals surface area contributed by atoms with Crippen LogP contribution in [-0.4, -0.2) is 24.0 Å². The van der Waals surface area contributed by atoms with Crippen LogP contribution in [-0.2, 0) is 16.1 Å². The summed E-state index contributed by atoms with van der Waals surface area (Å²) in [6.07, 6.45) is 0. The molecule has 7 heteroatoms. The third-order valence-corrected chi connectivity index (χ3v) is 4.05. The number of pyridine rings is 1. The number of hydrogen-bond donors (Lipinski definition) is 0. The zero-order chi connectivity index (χ0) is 19.6. The Hall–Kier alpha value is -3.35. The van der Waals surface area contributed by atoms with Gasteiger partial charge in [-0.1, -0.05) is 18.2 Å². The monoisotopic (exact) mass is 371 g/mol. The Kier molecular flexibility index (Phi) is 5.12. The lowest BCUT2D eigenvalue weighted by Gasteiger charge is -2.13. The lowest BCUT2D eigenvalue weighted by molar-refractivity contribution is 0.0454. The highest BCUT2D eigenvalue weighted by Gasteiger charge is 2.21. The lowest BCUT2D eigenvalue weighted by Crippen LogP contribution is -2.14. The Balaban J connectivity index is 1.96. The first-order chi connectivity index (χ1) is 12.9. The van der Waals surface area contributed by atoms with Crippen LogP contribution < -0.4 is 0 Å². The molecule has 0 atom stereocenters. The molecule has 0 amide bonds. The maximum absolute atomic E-state index is 13.3. The van der Waals surface area contributed by atoms with Crippen molar-refractivity contribution in [2.24, 2.45) is 0 Å². The van der Waals surface area contributed by atoms with Gasteiger partial charge in [0.1, 0.15) is 18.2 Å². The summed E-state index contributed by atoms with van der Waals surface area (Å²) in [6.45, 7) is 1.39. The first kappa shape index (κ1) is 18.4. The van der Waals surface area contributed by atoms with E-state index in [1.165, 1.54) is 7.11 Å². The normalized spacial score (nSPS) is 10.7. The van der Waals surface area contributed by atoms with Gasteiger partial charge in [0.15, 0.2) is 0 Å². The van der Waals surface area contributed by atoms with E-state index in [0.29, 0.717) is 17.1 Å². The summed E-state index contributed by atoms with van der Waals surface area (Å²) in [5.74, 6) is -3.33. The number of hydrogen-bond acceptors (Lipinski definition) is 5. The smallest absolute Gasteiger partial charge is 0.340 e. The Morgan fingerprint density at radius 3 is 2.37 bits per heavy atom. The fourth-order valence-corrected chi connectivity index (χ4v) is 2.81. The van der Waals surface area contributed by atoms with Crippen LogP contribution in [0, 0.1) is 18.6 Å². The third-order valence-electron chi connectivity index (χ3n) is 4.05. The van der Waals surface area contributed by atoms with Gasteiger partial charge >= 0.3 is 11.9 Å². The van der Waals surface area contributed by atoms with E-state index in [-0.39, 0.29) is 23.4 Å². The highest BCUT2D eigenvalue weighted by Crippen LogP contribution is 2.24. The van der Waals surface area contributed by atoms with Gasteiger partial charge in [-0.15, -0.1) is 0 Å². The minimum absolute atomic E-state index is 0.189. The number of para-hydroxylation sites is 1. The molecule has 0 spiro atoms. The maximum Gasteiger partial charge on any atom is 0.340 e. The van der Waals surface area contributed by atoms with Crippen LogP contribution in [0.25, 0.3) is 10.9 Å². The molecule has 27 heavy (non-hydrogen) atoms. The summed E-state index contributed by atoms with van der Waals surface area (Å²) >= 11 is 0. The molecule has 1 heterocycles. The number of methoxy groups -OCH3 is 1. The zero-order valence-electron chi connectivity index (χ0n) is 14.6. The number of fused-ring (bicyclic) bond motifs is 1. The van der Waals surface area contributed by atoms with E-state index < -0.39 is 23.6 Å². The number of benzene rings is 2. The van der Waals surface area contributed by atoms with Crippen molar-refractivity contribution < 1.29 is 27.8 Å². The van der Waals surface area contributed by atoms with Crippen molar-refractivity contribution in [3.63, 3.8) is 0 Å². The van der Waals surface area contributed by atoms with Crippen LogP contribution in [0.1, 0.15) is 32.0 Å². The summed E-state index contributed by atoms with van der Waals surface area (Å²) in [7, 11) is 1.24. The van der Waals surface area contributed by atoms with E-state index >= 15 is 0 Å². The summed E-state index contributed by atoms with van der Waals surface area (Å²) in [5.41, 5.74) is 1.36. The minimum atomic E-state index is -0.933. The van der Waals surface area contributed by atoms with Crippen molar-refractivity contribution in [2.45, 2.75) is 13.5 Å². The summed E-state index contributed by atoms with van der Waals surface area (Å²) in [4.78, 5) is 28.7. The van der Waals surface area contributed by atoms with Crippen LogP contribution in [0.4, 0.5) is 8.78 Å². The number of ether oxygens (including phenoxy) is 2. The van der Waals surface area contributed by atoms with E-state index in [2.05, 4.69) is 4.98 Å². The summed E-state index contributed by atoms with van der Waals surface area (Å²) in [6, 6.07) is 9.57. The minimum Gasteiger partial charge on any atom is -0.465 e. The first-order valence-electron chi connectivity index (χ1n) is 8.00. The number of nitrogens with zero attached hydrogens (tertiary/aromatic N) is 1. The molecule has 0 aliphatic heterocycles. The fraction of sp³-hybridized carbons (Fsp3) is 0.150. The molecular formula is C20H15F2NO4. The Morgan fingerprint density at radius 2 is 1.70 bits per heavy atom. The van der Waals surface area contributed by atoms with E-state index in [4.69, 9.17) is 9.47 Å². The van der Waals surface area contributed by atoms with Gasteiger partial charge in [-0.05, 0) is 30.7 Å². The van der Waals surface area contributed by atoms with Crippen molar-refractivity contribution >= 4 is 22.8 Å². The van der Waals surface area contributed by atoms with E-state index in [1.807, 2.05) is 12.1 Å². The fourth-order valence-electron chi connectivity index (χ4n) is 2.81. The van der Waals surface area contributed by atoms with Gasteiger partial charge in [0, 0.05) is 11.5 Å². The molecule has 0 saturated heterocycles. The number of carbonyl (C=O) groups is 2. The van der Waals surface area contributed by atoms with E-state index in [9.17, 15) is 18.4 Å². The van der Waals surface area contributed by atoms with Gasteiger partial charge < -0.3 is 9.47 Å². The van der Waals surface area contributed by atoms with Gasteiger partial charge in [0.25, 0.3) is 0 Å². The Morgan fingerprint density at radius 1 is 1.04 bits per heavy atom. The molecule has 0 N–H and O–H groups in total. The van der Waals surface area contributed by atoms with Crippen molar-refractivity contribution in [3.05, 3.63) is 76.5 Å². The highest BCUT2D eigenvalue weighted by atomic mass is 19.1. The van der Waals surface area contributed by atoms with Gasteiger partial charge in [-0.25, -0.2) is 23.4 Å². The van der Waals surface area contributed by atoms with Crippen molar-refractivity contribution in [1.82, 2.24) is 4.98 Å². The standard InChI is InChI=1S/C20H15F2NO4/c1-11-15-5-3-4-6-16(15)23-17(18(11)20(25)26-2)10-27-19(24)12-7-13(21)9-14(22)8-12/h3-9H,10H2,1-2H3. The first-order valence-corrected chi connectivity index (χ1v) is 8.00. The number of rotatable bonds is 4. The van der Waals surface area contributed by atoms with E-state index in [1.54, 1.807) is 19.1 Å². The largest absolute Gasteiger partial charge is 0.465 e. The van der Waals surface area contributed by atoms with Crippen LogP contribution in [0.5, 0.6) is 0 Å². The van der Waals surface area contributed by atoms with Gasteiger partial charge in [0.2, 0.25) is 0 Å². The maximum atomic E-state index is 13.3.